The molecule has 6 heteroatoms. The van der Waals surface area contributed by atoms with E-state index in [2.05, 4.69) is 25.1 Å². The molecule has 1 saturated heterocycles. The Bertz CT molecular complexity index is 498. The van der Waals surface area contributed by atoms with Gasteiger partial charge in [-0.05, 0) is 12.5 Å². The highest BCUT2D eigenvalue weighted by Crippen LogP contribution is 2.27. The Hall–Kier alpha value is -1.98. The van der Waals surface area contributed by atoms with Crippen LogP contribution in [-0.2, 0) is 0 Å². The van der Waals surface area contributed by atoms with Crippen molar-refractivity contribution in [3.63, 3.8) is 0 Å². The van der Waals surface area contributed by atoms with E-state index in [0.717, 1.165) is 31.3 Å². The van der Waals surface area contributed by atoms with E-state index in [4.69, 9.17) is 4.42 Å². The lowest BCUT2D eigenvalue weighted by Crippen LogP contribution is -2.21. The topological polar surface area (TPSA) is 67.9 Å². The molecule has 88 valence electrons. The van der Waals surface area contributed by atoms with Crippen molar-refractivity contribution in [3.8, 4) is 0 Å². The molecule has 0 aliphatic carbocycles. The van der Waals surface area contributed by atoms with Crippen molar-refractivity contribution in [2.45, 2.75) is 19.3 Å². The molecular formula is C11H13N5O. The van der Waals surface area contributed by atoms with Gasteiger partial charge in [0, 0.05) is 32.4 Å². The molecule has 0 spiro atoms. The Morgan fingerprint density at radius 3 is 2.82 bits per heavy atom. The van der Waals surface area contributed by atoms with E-state index < -0.39 is 0 Å². The summed E-state index contributed by atoms with van der Waals surface area (Å²) in [5.41, 5.74) is 0. The molecule has 17 heavy (non-hydrogen) atoms. The number of nitrogens with zero attached hydrogens (tertiary/aromatic N) is 5. The summed E-state index contributed by atoms with van der Waals surface area (Å²) in [6, 6.07) is 1.82. The van der Waals surface area contributed by atoms with Gasteiger partial charge in [-0.3, -0.25) is 0 Å². The van der Waals surface area contributed by atoms with Crippen molar-refractivity contribution in [3.05, 3.63) is 30.2 Å². The van der Waals surface area contributed by atoms with Crippen LogP contribution >= 0.6 is 0 Å². The van der Waals surface area contributed by atoms with Gasteiger partial charge in [0.15, 0.2) is 0 Å². The molecule has 3 heterocycles. The Balaban J connectivity index is 1.74. The fourth-order valence-corrected chi connectivity index (χ4v) is 2.07. The zero-order chi connectivity index (χ0) is 11.7. The van der Waals surface area contributed by atoms with E-state index in [1.807, 2.05) is 13.0 Å². The first-order valence-corrected chi connectivity index (χ1v) is 5.65. The van der Waals surface area contributed by atoms with Crippen LogP contribution in [0.25, 0.3) is 0 Å². The van der Waals surface area contributed by atoms with E-state index in [9.17, 15) is 0 Å². The third kappa shape index (κ3) is 1.98. The lowest BCUT2D eigenvalue weighted by atomic mass is 10.1. The molecule has 0 unspecified atom stereocenters. The number of aromatic nitrogens is 4. The Labute approximate surface area is 98.7 Å². The molecule has 2 aromatic heterocycles. The van der Waals surface area contributed by atoms with Crippen molar-refractivity contribution in [2.75, 3.05) is 18.0 Å². The predicted octanol–water partition coefficient (Wildman–Crippen LogP) is 1.16. The van der Waals surface area contributed by atoms with Crippen molar-refractivity contribution in [2.24, 2.45) is 0 Å². The van der Waals surface area contributed by atoms with Gasteiger partial charge in [0.1, 0.15) is 0 Å². The Morgan fingerprint density at radius 2 is 2.12 bits per heavy atom. The van der Waals surface area contributed by atoms with E-state index in [1.165, 1.54) is 0 Å². The number of hydrogen-bond acceptors (Lipinski definition) is 6. The first kappa shape index (κ1) is 10.2. The predicted molar refractivity (Wildman–Crippen MR) is 60.6 cm³/mol. The van der Waals surface area contributed by atoms with Crippen LogP contribution in [0.1, 0.15) is 24.1 Å². The summed E-state index contributed by atoms with van der Waals surface area (Å²) in [4.78, 5) is 10.6. The van der Waals surface area contributed by atoms with E-state index in [0.29, 0.717) is 11.8 Å². The summed E-state index contributed by atoms with van der Waals surface area (Å²) in [5.74, 6) is 2.40. The first-order valence-electron chi connectivity index (χ1n) is 5.65. The van der Waals surface area contributed by atoms with Gasteiger partial charge in [-0.2, -0.15) is 0 Å². The lowest BCUT2D eigenvalue weighted by molar-refractivity contribution is 0.438. The normalized spacial score (nSPS) is 19.8. The minimum atomic E-state index is 0.292. The minimum Gasteiger partial charge on any atom is -0.425 e. The molecule has 0 N–H and O–H groups in total. The van der Waals surface area contributed by atoms with Crippen LogP contribution in [0.5, 0.6) is 0 Å². The van der Waals surface area contributed by atoms with Gasteiger partial charge < -0.3 is 9.32 Å². The summed E-state index contributed by atoms with van der Waals surface area (Å²) in [7, 11) is 0. The van der Waals surface area contributed by atoms with E-state index >= 15 is 0 Å². The van der Waals surface area contributed by atoms with Gasteiger partial charge in [-0.25, -0.2) is 9.97 Å². The van der Waals surface area contributed by atoms with Crippen LogP contribution in [0.3, 0.4) is 0 Å². The molecule has 2 aromatic rings. The van der Waals surface area contributed by atoms with Crippen molar-refractivity contribution >= 4 is 5.95 Å². The summed E-state index contributed by atoms with van der Waals surface area (Å²) < 4.78 is 5.46. The number of anilines is 1. The van der Waals surface area contributed by atoms with Gasteiger partial charge in [0.05, 0.1) is 5.92 Å². The van der Waals surface area contributed by atoms with Gasteiger partial charge in [0.25, 0.3) is 0 Å². The van der Waals surface area contributed by atoms with E-state index in [1.54, 1.807) is 12.4 Å². The van der Waals surface area contributed by atoms with Crippen molar-refractivity contribution < 1.29 is 4.42 Å². The van der Waals surface area contributed by atoms with Crippen LogP contribution in [0.15, 0.2) is 22.9 Å². The summed E-state index contributed by atoms with van der Waals surface area (Å²) in [5, 5.41) is 7.93. The second-order valence-corrected chi connectivity index (χ2v) is 4.14. The van der Waals surface area contributed by atoms with Crippen LogP contribution < -0.4 is 4.90 Å². The molecule has 0 amide bonds. The molecule has 3 rings (SSSR count). The smallest absolute Gasteiger partial charge is 0.225 e. The maximum atomic E-state index is 5.46. The lowest BCUT2D eigenvalue weighted by Gasteiger charge is -2.14. The van der Waals surface area contributed by atoms with Crippen LogP contribution in [0.2, 0.25) is 0 Å². The molecule has 0 aromatic carbocycles. The molecule has 6 nitrogen and oxygen atoms in total. The average Bonchev–Trinajstić information content (AvgIpc) is 2.98. The standard InChI is InChI=1S/C11H13N5O/c1-8-14-15-10(17-8)9-3-6-16(7-9)11-12-4-2-5-13-11/h2,4-5,9H,3,6-7H2,1H3/t9-/m0/s1. The van der Waals surface area contributed by atoms with Gasteiger partial charge >= 0.3 is 0 Å². The minimum absolute atomic E-state index is 0.292. The molecule has 1 atom stereocenters. The first-order chi connectivity index (χ1) is 8.33. The van der Waals surface area contributed by atoms with Crippen LogP contribution in [0.4, 0.5) is 5.95 Å². The number of rotatable bonds is 2. The fourth-order valence-electron chi connectivity index (χ4n) is 2.07. The maximum Gasteiger partial charge on any atom is 0.225 e. The zero-order valence-electron chi connectivity index (χ0n) is 9.58. The summed E-state index contributed by atoms with van der Waals surface area (Å²) in [6.07, 6.45) is 4.51. The largest absolute Gasteiger partial charge is 0.425 e. The SMILES string of the molecule is Cc1nnc([C@H]2CCN(c3ncccn3)C2)o1. The molecule has 1 aliphatic rings. The van der Waals surface area contributed by atoms with Crippen molar-refractivity contribution in [1.82, 2.24) is 20.2 Å². The van der Waals surface area contributed by atoms with Crippen molar-refractivity contribution in [1.29, 1.82) is 0 Å². The highest BCUT2D eigenvalue weighted by atomic mass is 16.4. The Morgan fingerprint density at radius 1 is 1.29 bits per heavy atom. The molecule has 1 fully saturated rings. The van der Waals surface area contributed by atoms with Crippen LogP contribution in [0, 0.1) is 6.92 Å². The van der Waals surface area contributed by atoms with Crippen LogP contribution in [-0.4, -0.2) is 33.3 Å². The highest BCUT2D eigenvalue weighted by molar-refractivity contribution is 5.31. The van der Waals surface area contributed by atoms with E-state index in [-0.39, 0.29) is 0 Å². The second-order valence-electron chi connectivity index (χ2n) is 4.14. The number of hydrogen-bond donors (Lipinski definition) is 0. The third-order valence-electron chi connectivity index (χ3n) is 2.91. The molecule has 0 radical (unpaired) electrons. The Kier molecular flexibility index (Phi) is 2.47. The average molecular weight is 231 g/mol. The second kappa shape index (κ2) is 4.12. The molecular weight excluding hydrogens is 218 g/mol. The summed E-state index contributed by atoms with van der Waals surface area (Å²) >= 11 is 0. The molecule has 0 bridgehead atoms. The monoisotopic (exact) mass is 231 g/mol. The molecule has 1 aliphatic heterocycles. The number of aryl methyl sites for hydroxylation is 1. The molecule has 0 saturated carbocycles. The fraction of sp³-hybridized carbons (Fsp3) is 0.455. The zero-order valence-corrected chi connectivity index (χ0v) is 9.58. The highest BCUT2D eigenvalue weighted by Gasteiger charge is 2.29. The van der Waals surface area contributed by atoms with Gasteiger partial charge in [-0.15, -0.1) is 10.2 Å². The quantitative estimate of drug-likeness (QED) is 0.772. The third-order valence-corrected chi connectivity index (χ3v) is 2.91. The van der Waals surface area contributed by atoms with Gasteiger partial charge in [-0.1, -0.05) is 0 Å². The van der Waals surface area contributed by atoms with Gasteiger partial charge in [0.2, 0.25) is 17.7 Å². The summed E-state index contributed by atoms with van der Waals surface area (Å²) in [6.45, 7) is 3.57. The maximum absolute atomic E-state index is 5.46.